The molecule has 88 valence electrons. The summed E-state index contributed by atoms with van der Waals surface area (Å²) in [6, 6.07) is 3.10. The Morgan fingerprint density at radius 3 is 3.06 bits per heavy atom. The zero-order valence-corrected chi connectivity index (χ0v) is 9.77. The highest BCUT2D eigenvalue weighted by atomic mass is 32.2. The van der Waals surface area contributed by atoms with Crippen molar-refractivity contribution in [2.45, 2.75) is 17.7 Å². The molecule has 0 aliphatic rings. The number of aromatic nitrogens is 3. The number of pyridine rings is 1. The van der Waals surface area contributed by atoms with Crippen LogP contribution in [0.4, 0.5) is 0 Å². The largest absolute Gasteiger partial charge is 0.478 e. The third-order valence-corrected chi connectivity index (χ3v) is 2.89. The lowest BCUT2D eigenvalue weighted by molar-refractivity contribution is 0.0692. The van der Waals surface area contributed by atoms with Gasteiger partial charge in [0.25, 0.3) is 0 Å². The van der Waals surface area contributed by atoms with Crippen molar-refractivity contribution in [3.63, 3.8) is 0 Å². The van der Waals surface area contributed by atoms with E-state index < -0.39 is 5.97 Å². The van der Waals surface area contributed by atoms with Crippen LogP contribution in [0.3, 0.4) is 0 Å². The second-order valence-electron chi connectivity index (χ2n) is 3.19. The van der Waals surface area contributed by atoms with E-state index in [1.807, 2.05) is 0 Å². The third-order valence-electron chi connectivity index (χ3n) is 1.90. The Morgan fingerprint density at radius 2 is 2.41 bits per heavy atom. The molecule has 6 nitrogen and oxygen atoms in total. The molecular formula is C10H9N3O3S. The molecule has 17 heavy (non-hydrogen) atoms. The molecule has 2 rings (SSSR count). The summed E-state index contributed by atoms with van der Waals surface area (Å²) in [5.74, 6) is 0.412. The maximum absolute atomic E-state index is 10.9. The lowest BCUT2D eigenvalue weighted by atomic mass is 10.3. The minimum atomic E-state index is -0.998. The molecule has 2 aromatic heterocycles. The lowest BCUT2D eigenvalue weighted by Crippen LogP contribution is -2.00. The van der Waals surface area contributed by atoms with Crippen molar-refractivity contribution < 1.29 is 14.4 Å². The molecule has 0 saturated heterocycles. The average molecular weight is 251 g/mol. The van der Waals surface area contributed by atoms with Gasteiger partial charge in [0.2, 0.25) is 5.89 Å². The number of rotatable bonds is 4. The number of nitrogens with zero attached hydrogens (tertiary/aromatic N) is 3. The van der Waals surface area contributed by atoms with Crippen LogP contribution in [-0.4, -0.2) is 26.2 Å². The molecule has 2 aromatic rings. The number of aromatic carboxylic acids is 1. The summed E-state index contributed by atoms with van der Waals surface area (Å²) in [6.45, 7) is 1.72. The maximum Gasteiger partial charge on any atom is 0.338 e. The Balaban J connectivity index is 2.11. The highest BCUT2D eigenvalue weighted by Crippen LogP contribution is 2.23. The quantitative estimate of drug-likeness (QED) is 0.828. The monoisotopic (exact) mass is 251 g/mol. The highest BCUT2D eigenvalue weighted by molar-refractivity contribution is 7.98. The van der Waals surface area contributed by atoms with Gasteiger partial charge in [0, 0.05) is 6.20 Å². The SMILES string of the molecule is Cc1noc(CSc2ncccc2C(=O)O)n1. The van der Waals surface area contributed by atoms with E-state index in [1.165, 1.54) is 17.8 Å². The number of hydrogen-bond donors (Lipinski definition) is 1. The minimum absolute atomic E-state index is 0.175. The standard InChI is InChI=1S/C10H9N3O3S/c1-6-12-8(16-13-6)5-17-9-7(10(14)15)3-2-4-11-9/h2-4H,5H2,1H3,(H,14,15). The van der Waals surface area contributed by atoms with Crippen LogP contribution in [0.5, 0.6) is 0 Å². The van der Waals surface area contributed by atoms with E-state index >= 15 is 0 Å². The Morgan fingerprint density at radius 1 is 1.59 bits per heavy atom. The van der Waals surface area contributed by atoms with Gasteiger partial charge in [0.1, 0.15) is 5.03 Å². The van der Waals surface area contributed by atoms with E-state index in [2.05, 4.69) is 15.1 Å². The van der Waals surface area contributed by atoms with Gasteiger partial charge in [-0.1, -0.05) is 16.9 Å². The fraction of sp³-hybridized carbons (Fsp3) is 0.200. The highest BCUT2D eigenvalue weighted by Gasteiger charge is 2.12. The number of carboxylic acid groups (broad SMARTS) is 1. The first-order chi connectivity index (χ1) is 8.16. The first-order valence-electron chi connectivity index (χ1n) is 4.77. The molecule has 0 aromatic carbocycles. The van der Waals surface area contributed by atoms with Gasteiger partial charge in [-0.3, -0.25) is 0 Å². The third kappa shape index (κ3) is 2.82. The van der Waals surface area contributed by atoms with E-state index in [9.17, 15) is 4.79 Å². The van der Waals surface area contributed by atoms with Crippen molar-refractivity contribution in [1.29, 1.82) is 0 Å². The van der Waals surface area contributed by atoms with Crippen LogP contribution in [0.2, 0.25) is 0 Å². The summed E-state index contributed by atoms with van der Waals surface area (Å²) in [6.07, 6.45) is 1.55. The number of hydrogen-bond acceptors (Lipinski definition) is 6. The van der Waals surface area contributed by atoms with Gasteiger partial charge in [0.05, 0.1) is 11.3 Å². The molecule has 0 unspecified atom stereocenters. The molecule has 2 heterocycles. The van der Waals surface area contributed by atoms with Gasteiger partial charge in [-0.15, -0.1) is 0 Å². The molecule has 0 fully saturated rings. The Kier molecular flexibility index (Phi) is 3.38. The molecule has 1 N–H and O–H groups in total. The van der Waals surface area contributed by atoms with Gasteiger partial charge in [-0.05, 0) is 19.1 Å². The van der Waals surface area contributed by atoms with Crippen LogP contribution in [0.15, 0.2) is 27.9 Å². The van der Waals surface area contributed by atoms with Gasteiger partial charge in [0.15, 0.2) is 5.82 Å². The zero-order valence-electron chi connectivity index (χ0n) is 8.95. The molecular weight excluding hydrogens is 242 g/mol. The molecule has 0 amide bonds. The summed E-state index contributed by atoms with van der Waals surface area (Å²) in [7, 11) is 0. The average Bonchev–Trinajstić information content (AvgIpc) is 2.73. The number of carboxylic acids is 1. The van der Waals surface area contributed by atoms with Crippen LogP contribution in [0.1, 0.15) is 22.1 Å². The fourth-order valence-corrected chi connectivity index (χ4v) is 2.02. The van der Waals surface area contributed by atoms with E-state index in [4.69, 9.17) is 9.63 Å². The molecule has 0 saturated carbocycles. The predicted octanol–water partition coefficient (Wildman–Crippen LogP) is 1.76. The fourth-order valence-electron chi connectivity index (χ4n) is 1.20. The smallest absolute Gasteiger partial charge is 0.338 e. The molecule has 0 spiro atoms. The van der Waals surface area contributed by atoms with Crippen molar-refractivity contribution in [1.82, 2.24) is 15.1 Å². The Labute approximate surface area is 101 Å². The molecule has 0 radical (unpaired) electrons. The summed E-state index contributed by atoms with van der Waals surface area (Å²) in [4.78, 5) is 19.0. The van der Waals surface area contributed by atoms with E-state index in [0.717, 1.165) is 0 Å². The van der Waals surface area contributed by atoms with Crippen LogP contribution in [0.25, 0.3) is 0 Å². The van der Waals surface area contributed by atoms with Crippen molar-refractivity contribution in [2.75, 3.05) is 0 Å². The van der Waals surface area contributed by atoms with E-state index in [1.54, 1.807) is 19.2 Å². The lowest BCUT2D eigenvalue weighted by Gasteiger charge is -2.01. The number of thioether (sulfide) groups is 1. The topological polar surface area (TPSA) is 89.1 Å². The normalized spacial score (nSPS) is 10.4. The van der Waals surface area contributed by atoms with Crippen LogP contribution in [0, 0.1) is 6.92 Å². The summed E-state index contributed by atoms with van der Waals surface area (Å²) in [5, 5.41) is 13.1. The minimum Gasteiger partial charge on any atom is -0.478 e. The summed E-state index contributed by atoms with van der Waals surface area (Å²) in [5.41, 5.74) is 0.175. The van der Waals surface area contributed by atoms with Crippen LogP contribution in [-0.2, 0) is 5.75 Å². The Hall–Kier alpha value is -1.89. The van der Waals surface area contributed by atoms with Gasteiger partial charge in [-0.2, -0.15) is 4.98 Å². The molecule has 0 aliphatic carbocycles. The Bertz CT molecular complexity index is 541. The van der Waals surface area contributed by atoms with Crippen molar-refractivity contribution in [2.24, 2.45) is 0 Å². The predicted molar refractivity (Wildman–Crippen MR) is 59.8 cm³/mol. The summed E-state index contributed by atoms with van der Waals surface area (Å²) >= 11 is 1.25. The van der Waals surface area contributed by atoms with Crippen molar-refractivity contribution in [3.8, 4) is 0 Å². The molecule has 0 bridgehead atoms. The number of aryl methyl sites for hydroxylation is 1. The molecule has 7 heteroatoms. The van der Waals surface area contributed by atoms with Gasteiger partial charge in [-0.25, -0.2) is 9.78 Å². The summed E-state index contributed by atoms with van der Waals surface area (Å²) < 4.78 is 4.93. The van der Waals surface area contributed by atoms with E-state index in [0.29, 0.717) is 22.5 Å². The zero-order chi connectivity index (χ0) is 12.3. The van der Waals surface area contributed by atoms with Gasteiger partial charge >= 0.3 is 5.97 Å². The second-order valence-corrected chi connectivity index (χ2v) is 4.15. The van der Waals surface area contributed by atoms with Crippen molar-refractivity contribution in [3.05, 3.63) is 35.6 Å². The molecule has 0 aliphatic heterocycles. The van der Waals surface area contributed by atoms with Crippen LogP contribution < -0.4 is 0 Å². The number of carbonyl (C=O) groups is 1. The second kappa shape index (κ2) is 4.96. The van der Waals surface area contributed by atoms with Crippen molar-refractivity contribution >= 4 is 17.7 Å². The van der Waals surface area contributed by atoms with Gasteiger partial charge < -0.3 is 9.63 Å². The first kappa shape index (κ1) is 11.6. The van der Waals surface area contributed by atoms with E-state index in [-0.39, 0.29) is 5.56 Å². The maximum atomic E-state index is 10.9. The van der Waals surface area contributed by atoms with Crippen LogP contribution >= 0.6 is 11.8 Å². The first-order valence-corrected chi connectivity index (χ1v) is 5.75. The molecule has 0 atom stereocenters.